The highest BCUT2D eigenvalue weighted by atomic mass is 32.2. The van der Waals surface area contributed by atoms with Gasteiger partial charge >= 0.3 is 0 Å². The Morgan fingerprint density at radius 3 is 2.63 bits per heavy atom. The second kappa shape index (κ2) is 8.00. The molecule has 2 aromatic carbocycles. The maximum atomic E-state index is 13.1. The van der Waals surface area contributed by atoms with Crippen LogP contribution in [0.1, 0.15) is 11.1 Å². The van der Waals surface area contributed by atoms with E-state index < -0.39 is 16.7 Å². The van der Waals surface area contributed by atoms with E-state index in [1.807, 2.05) is 13.0 Å². The second-order valence-electron chi connectivity index (χ2n) is 6.60. The van der Waals surface area contributed by atoms with E-state index in [9.17, 15) is 12.8 Å². The van der Waals surface area contributed by atoms with Crippen LogP contribution in [0.5, 0.6) is 5.75 Å². The van der Waals surface area contributed by atoms with E-state index >= 15 is 0 Å². The first kappa shape index (κ1) is 20.2. The summed E-state index contributed by atoms with van der Waals surface area (Å²) in [4.78, 5) is 8.46. The Bertz CT molecular complexity index is 1320. The number of benzene rings is 2. The standard InChI is InChI=1S/C21H18FN3O3S2/c1-13-9-15(30(26,27)25-21-24-7-8-29-21)11-18-20(13)17(5-6-23-18)16-4-3-14(12-22)10-19(16)28-2/h3-11H,12H2,1-2H3,(H,24,25). The van der Waals surface area contributed by atoms with Crippen LogP contribution in [0.4, 0.5) is 9.52 Å². The van der Waals surface area contributed by atoms with E-state index in [-0.39, 0.29) is 4.90 Å². The number of nitrogens with one attached hydrogen (secondary N) is 1. The van der Waals surface area contributed by atoms with E-state index in [2.05, 4.69) is 14.7 Å². The first-order valence-corrected chi connectivity index (χ1v) is 11.3. The van der Waals surface area contributed by atoms with E-state index in [0.29, 0.717) is 22.0 Å². The molecule has 0 fully saturated rings. The fraction of sp³-hybridized carbons (Fsp3) is 0.143. The normalized spacial score (nSPS) is 11.6. The van der Waals surface area contributed by atoms with E-state index in [1.54, 1.807) is 35.8 Å². The number of anilines is 1. The molecule has 9 heteroatoms. The molecule has 0 aliphatic rings. The minimum atomic E-state index is -3.80. The number of thiazole rings is 1. The number of hydrogen-bond donors (Lipinski definition) is 1. The molecule has 0 bridgehead atoms. The average Bonchev–Trinajstić information content (AvgIpc) is 3.25. The fourth-order valence-corrected chi connectivity index (χ4v) is 5.23. The van der Waals surface area contributed by atoms with Gasteiger partial charge in [0.1, 0.15) is 12.4 Å². The van der Waals surface area contributed by atoms with Gasteiger partial charge in [-0.05, 0) is 47.9 Å². The Hall–Kier alpha value is -3.04. The molecule has 0 radical (unpaired) electrons. The number of hydrogen-bond acceptors (Lipinski definition) is 6. The van der Waals surface area contributed by atoms with Gasteiger partial charge < -0.3 is 4.74 Å². The number of pyridine rings is 1. The summed E-state index contributed by atoms with van der Waals surface area (Å²) in [6.45, 7) is 1.25. The third-order valence-corrected chi connectivity index (χ3v) is 6.82. The maximum Gasteiger partial charge on any atom is 0.263 e. The topological polar surface area (TPSA) is 81.2 Å². The minimum absolute atomic E-state index is 0.104. The van der Waals surface area contributed by atoms with Crippen molar-refractivity contribution < 1.29 is 17.5 Å². The van der Waals surface area contributed by atoms with Crippen LogP contribution in [0.25, 0.3) is 22.0 Å². The lowest BCUT2D eigenvalue weighted by Crippen LogP contribution is -2.13. The zero-order valence-corrected chi connectivity index (χ0v) is 17.8. The zero-order chi connectivity index (χ0) is 21.3. The van der Waals surface area contributed by atoms with Gasteiger partial charge in [0.05, 0.1) is 17.5 Å². The van der Waals surface area contributed by atoms with Gasteiger partial charge in [-0.1, -0.05) is 12.1 Å². The van der Waals surface area contributed by atoms with Crippen LogP contribution in [-0.4, -0.2) is 25.5 Å². The summed E-state index contributed by atoms with van der Waals surface area (Å²) in [5.41, 5.74) is 3.40. The number of rotatable bonds is 6. The molecule has 4 aromatic rings. The summed E-state index contributed by atoms with van der Waals surface area (Å²) in [6, 6.07) is 10.1. The largest absolute Gasteiger partial charge is 0.496 e. The Labute approximate surface area is 177 Å². The first-order chi connectivity index (χ1) is 14.4. The molecule has 0 spiro atoms. The molecule has 4 rings (SSSR count). The van der Waals surface area contributed by atoms with Gasteiger partial charge in [0, 0.05) is 28.7 Å². The fourth-order valence-electron chi connectivity index (χ4n) is 3.33. The van der Waals surface area contributed by atoms with Crippen molar-refractivity contribution in [2.75, 3.05) is 11.8 Å². The predicted molar refractivity (Wildman–Crippen MR) is 116 cm³/mol. The van der Waals surface area contributed by atoms with Crippen LogP contribution >= 0.6 is 11.3 Å². The smallest absolute Gasteiger partial charge is 0.263 e. The number of methoxy groups -OCH3 is 1. The van der Waals surface area contributed by atoms with Gasteiger partial charge in [0.25, 0.3) is 10.0 Å². The summed E-state index contributed by atoms with van der Waals surface area (Å²) in [5, 5.41) is 2.79. The van der Waals surface area contributed by atoms with Crippen LogP contribution < -0.4 is 9.46 Å². The SMILES string of the molecule is COc1cc(CF)ccc1-c1ccnc2cc(S(=O)(=O)Nc3nccs3)cc(C)c12. The highest BCUT2D eigenvalue weighted by Gasteiger charge is 2.20. The molecule has 0 amide bonds. The van der Waals surface area contributed by atoms with Crippen molar-refractivity contribution in [3.8, 4) is 16.9 Å². The Kier molecular flexibility index (Phi) is 5.40. The molecule has 1 N–H and O–H groups in total. The van der Waals surface area contributed by atoms with Crippen molar-refractivity contribution in [2.24, 2.45) is 0 Å². The van der Waals surface area contributed by atoms with Crippen molar-refractivity contribution in [3.63, 3.8) is 0 Å². The van der Waals surface area contributed by atoms with Gasteiger partial charge in [0.15, 0.2) is 5.13 Å². The first-order valence-electron chi connectivity index (χ1n) is 8.98. The lowest BCUT2D eigenvalue weighted by atomic mass is 9.96. The lowest BCUT2D eigenvalue weighted by Gasteiger charge is -2.15. The molecule has 2 heterocycles. The van der Waals surface area contributed by atoms with Gasteiger partial charge in [-0.2, -0.15) is 0 Å². The summed E-state index contributed by atoms with van der Waals surface area (Å²) < 4.78 is 46.6. The van der Waals surface area contributed by atoms with Crippen molar-refractivity contribution in [3.05, 3.63) is 65.3 Å². The van der Waals surface area contributed by atoms with E-state index in [1.165, 1.54) is 30.7 Å². The summed E-state index contributed by atoms with van der Waals surface area (Å²) in [7, 11) is -2.27. The molecule has 0 saturated carbocycles. The highest BCUT2D eigenvalue weighted by molar-refractivity contribution is 7.93. The van der Waals surface area contributed by atoms with Crippen LogP contribution in [0.3, 0.4) is 0 Å². The molecular weight excluding hydrogens is 425 g/mol. The number of alkyl halides is 1. The van der Waals surface area contributed by atoms with E-state index in [4.69, 9.17) is 4.74 Å². The molecule has 0 atom stereocenters. The highest BCUT2D eigenvalue weighted by Crippen LogP contribution is 2.37. The molecule has 30 heavy (non-hydrogen) atoms. The van der Waals surface area contributed by atoms with Crippen LogP contribution in [0.15, 0.2) is 59.1 Å². The van der Waals surface area contributed by atoms with Crippen molar-refractivity contribution >= 4 is 37.4 Å². The molecule has 0 aliphatic heterocycles. The van der Waals surface area contributed by atoms with Gasteiger partial charge in [-0.15, -0.1) is 11.3 Å². The van der Waals surface area contributed by atoms with Crippen LogP contribution in [-0.2, 0) is 16.7 Å². The Morgan fingerprint density at radius 2 is 1.93 bits per heavy atom. The molecular formula is C21H18FN3O3S2. The molecule has 0 aliphatic carbocycles. The number of nitrogens with zero attached hydrogens (tertiary/aromatic N) is 2. The quantitative estimate of drug-likeness (QED) is 0.456. The maximum absolute atomic E-state index is 13.1. The van der Waals surface area contributed by atoms with E-state index in [0.717, 1.165) is 22.1 Å². The lowest BCUT2D eigenvalue weighted by molar-refractivity contribution is 0.413. The molecule has 2 aromatic heterocycles. The molecule has 6 nitrogen and oxygen atoms in total. The van der Waals surface area contributed by atoms with Gasteiger partial charge in [-0.25, -0.2) is 17.8 Å². The van der Waals surface area contributed by atoms with Gasteiger partial charge in [-0.3, -0.25) is 9.71 Å². The molecule has 0 saturated heterocycles. The van der Waals surface area contributed by atoms with Crippen molar-refractivity contribution in [2.45, 2.75) is 18.5 Å². The number of halogens is 1. The summed E-state index contributed by atoms with van der Waals surface area (Å²) in [5.74, 6) is 0.541. The predicted octanol–water partition coefficient (Wildman–Crippen LogP) is 4.95. The monoisotopic (exact) mass is 443 g/mol. The summed E-state index contributed by atoms with van der Waals surface area (Å²) >= 11 is 1.20. The number of aryl methyl sites for hydroxylation is 1. The second-order valence-corrected chi connectivity index (χ2v) is 9.18. The van der Waals surface area contributed by atoms with Gasteiger partial charge in [0.2, 0.25) is 0 Å². The number of ether oxygens (including phenoxy) is 1. The minimum Gasteiger partial charge on any atom is -0.496 e. The summed E-state index contributed by atoms with van der Waals surface area (Å²) in [6.07, 6.45) is 3.15. The Morgan fingerprint density at radius 1 is 1.10 bits per heavy atom. The molecule has 0 unspecified atom stereocenters. The molecule has 154 valence electrons. The zero-order valence-electron chi connectivity index (χ0n) is 16.2. The van der Waals surface area contributed by atoms with Crippen LogP contribution in [0, 0.1) is 6.92 Å². The third-order valence-electron chi connectivity index (χ3n) is 4.69. The number of sulfonamides is 1. The number of fused-ring (bicyclic) bond motifs is 1. The number of aromatic nitrogens is 2. The van der Waals surface area contributed by atoms with Crippen molar-refractivity contribution in [1.29, 1.82) is 0 Å². The average molecular weight is 444 g/mol. The Balaban J connectivity index is 1.86. The van der Waals surface area contributed by atoms with Crippen LogP contribution in [0.2, 0.25) is 0 Å². The van der Waals surface area contributed by atoms with Crippen molar-refractivity contribution in [1.82, 2.24) is 9.97 Å². The third kappa shape index (κ3) is 3.73.